The van der Waals surface area contributed by atoms with Gasteiger partial charge < -0.3 is 4.57 Å². The normalized spacial score (nSPS) is 15.8. The number of rotatable bonds is 5. The smallest absolute Gasteiger partial charge is 0.208 e. The Labute approximate surface area is 164 Å². The summed E-state index contributed by atoms with van der Waals surface area (Å²) in [5.41, 5.74) is 2.01. The Bertz CT molecular complexity index is 1050. The summed E-state index contributed by atoms with van der Waals surface area (Å²) in [5, 5.41) is 15.4. The van der Waals surface area contributed by atoms with Crippen LogP contribution in [0.5, 0.6) is 0 Å². The third kappa shape index (κ3) is 3.35. The van der Waals surface area contributed by atoms with Crippen LogP contribution >= 0.6 is 23.5 Å². The van der Waals surface area contributed by atoms with E-state index in [-0.39, 0.29) is 0 Å². The first kappa shape index (κ1) is 16.5. The van der Waals surface area contributed by atoms with Crippen LogP contribution in [0.25, 0.3) is 17.1 Å². The highest BCUT2D eigenvalue weighted by Crippen LogP contribution is 2.36. The Kier molecular flexibility index (Phi) is 4.38. The predicted molar refractivity (Wildman–Crippen MR) is 105 cm³/mol. The van der Waals surface area contributed by atoms with Crippen molar-refractivity contribution >= 4 is 23.5 Å². The van der Waals surface area contributed by atoms with Crippen LogP contribution in [-0.4, -0.2) is 45.5 Å². The second-order valence-corrected chi connectivity index (χ2v) is 8.27. The van der Waals surface area contributed by atoms with Crippen LogP contribution in [0, 0.1) is 0 Å². The summed E-state index contributed by atoms with van der Waals surface area (Å²) in [6.45, 7) is 0.879. The van der Waals surface area contributed by atoms with Crippen LogP contribution in [-0.2, 0) is 6.54 Å². The molecule has 3 aromatic heterocycles. The van der Waals surface area contributed by atoms with Crippen molar-refractivity contribution in [2.75, 3.05) is 5.75 Å². The number of thioether (sulfide) groups is 2. The molecule has 134 valence electrons. The molecule has 0 N–H and O–H groups in total. The summed E-state index contributed by atoms with van der Waals surface area (Å²) in [5.74, 6) is 1.80. The van der Waals surface area contributed by atoms with Gasteiger partial charge in [-0.15, -0.1) is 15.3 Å². The van der Waals surface area contributed by atoms with E-state index in [9.17, 15) is 0 Å². The quantitative estimate of drug-likeness (QED) is 0.482. The minimum absolute atomic E-state index is 0.416. The van der Waals surface area contributed by atoms with Gasteiger partial charge in [-0.05, 0) is 24.3 Å². The molecule has 5 rings (SSSR count). The summed E-state index contributed by atoms with van der Waals surface area (Å²) in [6.07, 6.45) is 5.35. The van der Waals surface area contributed by atoms with Gasteiger partial charge in [-0.25, -0.2) is 9.67 Å². The average Bonchev–Trinajstić information content (AvgIpc) is 3.43. The minimum Gasteiger partial charge on any atom is -0.301 e. The Balaban J connectivity index is 1.24. The van der Waals surface area contributed by atoms with Gasteiger partial charge in [0.2, 0.25) is 5.16 Å². The van der Waals surface area contributed by atoms with Crippen LogP contribution in [0.3, 0.4) is 0 Å². The SMILES string of the molecule is c1ccc(-n2cnc(SC[C@H]3Cn4c(nnc4-c4cccnc4)S3)n2)cc1. The molecule has 1 aromatic carbocycles. The molecule has 1 aliphatic rings. The first-order valence-corrected chi connectivity index (χ1v) is 10.3. The van der Waals surface area contributed by atoms with Crippen molar-refractivity contribution in [3.05, 3.63) is 61.2 Å². The van der Waals surface area contributed by atoms with Gasteiger partial charge in [0.25, 0.3) is 0 Å². The van der Waals surface area contributed by atoms with Gasteiger partial charge in [0, 0.05) is 35.5 Å². The van der Waals surface area contributed by atoms with E-state index >= 15 is 0 Å². The second kappa shape index (κ2) is 7.16. The molecule has 4 aromatic rings. The highest BCUT2D eigenvalue weighted by Gasteiger charge is 2.28. The number of pyridine rings is 1. The maximum Gasteiger partial charge on any atom is 0.208 e. The predicted octanol–water partition coefficient (Wildman–Crippen LogP) is 3.19. The van der Waals surface area contributed by atoms with E-state index in [0.717, 1.165) is 39.7 Å². The van der Waals surface area contributed by atoms with E-state index < -0.39 is 0 Å². The maximum atomic E-state index is 4.56. The summed E-state index contributed by atoms with van der Waals surface area (Å²) in [7, 11) is 0. The molecule has 9 heteroatoms. The topological polar surface area (TPSA) is 74.3 Å². The molecule has 0 saturated carbocycles. The molecule has 0 radical (unpaired) electrons. The number of fused-ring (bicyclic) bond motifs is 1. The Morgan fingerprint density at radius 1 is 1.11 bits per heavy atom. The molecule has 7 nitrogen and oxygen atoms in total. The van der Waals surface area contributed by atoms with Gasteiger partial charge in [0.1, 0.15) is 6.33 Å². The molecule has 0 aliphatic carbocycles. The van der Waals surface area contributed by atoms with Crippen molar-refractivity contribution in [1.82, 2.24) is 34.5 Å². The molecule has 0 fully saturated rings. The lowest BCUT2D eigenvalue weighted by Crippen LogP contribution is -2.10. The zero-order valence-corrected chi connectivity index (χ0v) is 15.8. The number of benzene rings is 1. The molecule has 1 aliphatic heterocycles. The molecule has 0 spiro atoms. The van der Waals surface area contributed by atoms with E-state index in [1.54, 1.807) is 40.7 Å². The van der Waals surface area contributed by atoms with Crippen molar-refractivity contribution in [2.24, 2.45) is 0 Å². The summed E-state index contributed by atoms with van der Waals surface area (Å²) < 4.78 is 3.97. The molecule has 1 atom stereocenters. The standard InChI is InChI=1S/C18H15N7S2/c1-2-6-14(7-3-1)25-12-20-17(23-25)26-11-15-10-24-16(21-22-18(24)27-15)13-5-4-8-19-9-13/h1-9,12,15H,10-11H2/t15-/m1/s1. The number of nitrogens with zero attached hydrogens (tertiary/aromatic N) is 7. The van der Waals surface area contributed by atoms with Crippen molar-refractivity contribution in [1.29, 1.82) is 0 Å². The molecule has 0 bridgehead atoms. The number of para-hydroxylation sites is 1. The van der Waals surface area contributed by atoms with E-state index in [1.165, 1.54) is 0 Å². The third-order valence-electron chi connectivity index (χ3n) is 4.18. The van der Waals surface area contributed by atoms with Crippen molar-refractivity contribution in [2.45, 2.75) is 22.1 Å². The fraction of sp³-hybridized carbons (Fsp3) is 0.167. The molecule has 0 unspecified atom stereocenters. The summed E-state index contributed by atoms with van der Waals surface area (Å²) in [6, 6.07) is 13.9. The van der Waals surface area contributed by atoms with E-state index in [4.69, 9.17) is 0 Å². The zero-order chi connectivity index (χ0) is 18.1. The first-order valence-electron chi connectivity index (χ1n) is 8.47. The molecule has 4 heterocycles. The lowest BCUT2D eigenvalue weighted by atomic mass is 10.2. The molecule has 27 heavy (non-hydrogen) atoms. The Morgan fingerprint density at radius 3 is 2.89 bits per heavy atom. The van der Waals surface area contributed by atoms with Gasteiger partial charge in [0.05, 0.1) is 5.69 Å². The van der Waals surface area contributed by atoms with Gasteiger partial charge in [-0.1, -0.05) is 41.7 Å². The van der Waals surface area contributed by atoms with E-state index in [1.807, 2.05) is 48.7 Å². The molecule has 0 saturated heterocycles. The fourth-order valence-corrected chi connectivity index (χ4v) is 4.99. The lowest BCUT2D eigenvalue weighted by Gasteiger charge is -2.07. The average molecular weight is 394 g/mol. The van der Waals surface area contributed by atoms with Crippen LogP contribution in [0.1, 0.15) is 0 Å². The van der Waals surface area contributed by atoms with E-state index in [2.05, 4.69) is 29.8 Å². The first-order chi connectivity index (χ1) is 13.4. The largest absolute Gasteiger partial charge is 0.301 e. The van der Waals surface area contributed by atoms with Gasteiger partial charge >= 0.3 is 0 Å². The Morgan fingerprint density at radius 2 is 2.04 bits per heavy atom. The van der Waals surface area contributed by atoms with Crippen molar-refractivity contribution in [3.8, 4) is 17.1 Å². The number of hydrogen-bond acceptors (Lipinski definition) is 7. The zero-order valence-electron chi connectivity index (χ0n) is 14.2. The monoisotopic (exact) mass is 393 g/mol. The number of hydrogen-bond donors (Lipinski definition) is 0. The van der Waals surface area contributed by atoms with Crippen LogP contribution in [0.2, 0.25) is 0 Å². The third-order valence-corrected chi connectivity index (χ3v) is 6.57. The second-order valence-electron chi connectivity index (χ2n) is 6.02. The Hall–Kier alpha value is -2.65. The van der Waals surface area contributed by atoms with Crippen LogP contribution in [0.15, 0.2) is 71.5 Å². The molecular weight excluding hydrogens is 378 g/mol. The van der Waals surface area contributed by atoms with Crippen LogP contribution < -0.4 is 0 Å². The maximum absolute atomic E-state index is 4.56. The van der Waals surface area contributed by atoms with Crippen molar-refractivity contribution < 1.29 is 0 Å². The van der Waals surface area contributed by atoms with Gasteiger partial charge in [0.15, 0.2) is 11.0 Å². The summed E-state index contributed by atoms with van der Waals surface area (Å²) in [4.78, 5) is 8.60. The van der Waals surface area contributed by atoms with Crippen LogP contribution in [0.4, 0.5) is 0 Å². The minimum atomic E-state index is 0.416. The highest BCUT2D eigenvalue weighted by atomic mass is 32.2. The lowest BCUT2D eigenvalue weighted by molar-refractivity contribution is 0.677. The highest BCUT2D eigenvalue weighted by molar-refractivity contribution is 8.03. The summed E-state index contributed by atoms with van der Waals surface area (Å²) >= 11 is 3.43. The van der Waals surface area contributed by atoms with Gasteiger partial charge in [-0.2, -0.15) is 0 Å². The molecule has 0 amide bonds. The number of aromatic nitrogens is 7. The van der Waals surface area contributed by atoms with Gasteiger partial charge in [-0.3, -0.25) is 4.98 Å². The van der Waals surface area contributed by atoms with E-state index in [0.29, 0.717) is 5.25 Å². The molecular formula is C18H15N7S2. The fourth-order valence-electron chi connectivity index (χ4n) is 2.91. The van der Waals surface area contributed by atoms with Crippen molar-refractivity contribution in [3.63, 3.8) is 0 Å².